The van der Waals surface area contributed by atoms with Crippen LogP contribution >= 0.6 is 0 Å². The highest BCUT2D eigenvalue weighted by Crippen LogP contribution is 2.16. The molecule has 3 aromatic rings. The van der Waals surface area contributed by atoms with Crippen LogP contribution in [0.25, 0.3) is 6.08 Å². The van der Waals surface area contributed by atoms with Crippen LogP contribution in [-0.4, -0.2) is 0 Å². The maximum atomic E-state index is 3.54. The molecule has 1 N–H and O–H groups in total. The molecule has 22 heavy (non-hydrogen) atoms. The smallest absolute Gasteiger partial charge is 0.0381 e. The molecule has 1 heteroatoms. The summed E-state index contributed by atoms with van der Waals surface area (Å²) in [5.41, 5.74) is 4.80. The molecule has 0 unspecified atom stereocenters. The van der Waals surface area contributed by atoms with Crippen LogP contribution in [0.15, 0.2) is 96.7 Å². The van der Waals surface area contributed by atoms with Gasteiger partial charge in [-0.15, -0.1) is 0 Å². The maximum Gasteiger partial charge on any atom is 0.0381 e. The van der Waals surface area contributed by atoms with E-state index in [4.69, 9.17) is 0 Å². The van der Waals surface area contributed by atoms with Crippen molar-refractivity contribution in [3.8, 4) is 0 Å². The lowest BCUT2D eigenvalue weighted by Gasteiger charge is -2.12. The third kappa shape index (κ3) is 4.10. The van der Waals surface area contributed by atoms with Crippen LogP contribution in [0.3, 0.4) is 0 Å². The first-order valence-corrected chi connectivity index (χ1v) is 7.52. The summed E-state index contributed by atoms with van der Waals surface area (Å²) in [6.07, 6.45) is 3.09. The molecular weight excluding hydrogens is 266 g/mol. The van der Waals surface area contributed by atoms with Gasteiger partial charge >= 0.3 is 0 Å². The Bertz CT molecular complexity index is 672. The van der Waals surface area contributed by atoms with Crippen LogP contribution < -0.4 is 5.32 Å². The number of anilines is 1. The summed E-state index contributed by atoms with van der Waals surface area (Å²) < 4.78 is 0. The number of para-hydroxylation sites is 1. The van der Waals surface area contributed by atoms with E-state index in [0.717, 1.165) is 12.1 Å². The highest BCUT2D eigenvalue weighted by Gasteiger charge is 2.01. The first-order valence-electron chi connectivity index (χ1n) is 7.52. The van der Waals surface area contributed by atoms with Crippen molar-refractivity contribution >= 4 is 11.8 Å². The maximum absolute atomic E-state index is 3.54. The van der Waals surface area contributed by atoms with Gasteiger partial charge in [0.05, 0.1) is 0 Å². The highest BCUT2D eigenvalue weighted by molar-refractivity contribution is 5.60. The lowest BCUT2D eigenvalue weighted by molar-refractivity contribution is 1.16. The normalized spacial score (nSPS) is 11.2. The van der Waals surface area contributed by atoms with Crippen molar-refractivity contribution in [1.82, 2.24) is 0 Å². The van der Waals surface area contributed by atoms with Crippen molar-refractivity contribution in [3.05, 3.63) is 108 Å². The van der Waals surface area contributed by atoms with E-state index in [-0.39, 0.29) is 0 Å². The fraction of sp³-hybridized carbons (Fsp3) is 0.0476. The molecule has 108 valence electrons. The Hall–Kier alpha value is -2.80. The Morgan fingerprint density at radius 3 is 1.86 bits per heavy atom. The Morgan fingerprint density at radius 1 is 0.682 bits per heavy atom. The molecule has 0 aliphatic carbocycles. The largest absolute Gasteiger partial charge is 0.359 e. The molecule has 0 spiro atoms. The van der Waals surface area contributed by atoms with Gasteiger partial charge in [0.15, 0.2) is 0 Å². The number of nitrogens with one attached hydrogen (secondary N) is 1. The predicted molar refractivity (Wildman–Crippen MR) is 94.6 cm³/mol. The van der Waals surface area contributed by atoms with Crippen LogP contribution in [0.5, 0.6) is 0 Å². The van der Waals surface area contributed by atoms with Gasteiger partial charge < -0.3 is 5.32 Å². The van der Waals surface area contributed by atoms with Crippen molar-refractivity contribution in [1.29, 1.82) is 0 Å². The molecule has 0 atom stereocenters. The van der Waals surface area contributed by atoms with Crippen molar-refractivity contribution in [2.75, 3.05) is 5.32 Å². The molecule has 0 fully saturated rings. The Morgan fingerprint density at radius 2 is 1.23 bits per heavy atom. The molecule has 0 aliphatic heterocycles. The van der Waals surface area contributed by atoms with Gasteiger partial charge in [0.25, 0.3) is 0 Å². The number of rotatable bonds is 5. The number of benzene rings is 3. The summed E-state index contributed by atoms with van der Waals surface area (Å²) in [6.45, 7) is 0. The molecule has 0 amide bonds. The summed E-state index contributed by atoms with van der Waals surface area (Å²) in [4.78, 5) is 0. The number of allylic oxidation sites excluding steroid dienone is 1. The van der Waals surface area contributed by atoms with E-state index in [0.29, 0.717) is 0 Å². The Labute approximate surface area is 132 Å². The van der Waals surface area contributed by atoms with E-state index in [9.17, 15) is 0 Å². The molecular formula is C21H19N. The molecule has 0 radical (unpaired) electrons. The Balaban J connectivity index is 1.86. The molecule has 0 saturated carbocycles. The van der Waals surface area contributed by atoms with Gasteiger partial charge in [-0.2, -0.15) is 0 Å². The van der Waals surface area contributed by atoms with Crippen molar-refractivity contribution in [2.45, 2.75) is 6.42 Å². The molecule has 0 aliphatic rings. The summed E-state index contributed by atoms with van der Waals surface area (Å²) in [5.74, 6) is 0. The van der Waals surface area contributed by atoms with E-state index >= 15 is 0 Å². The number of hydrogen-bond acceptors (Lipinski definition) is 1. The predicted octanol–water partition coefficient (Wildman–Crippen LogP) is 5.38. The van der Waals surface area contributed by atoms with E-state index in [1.807, 2.05) is 24.3 Å². The van der Waals surface area contributed by atoms with E-state index in [2.05, 4.69) is 78.1 Å². The van der Waals surface area contributed by atoms with Crippen molar-refractivity contribution in [2.24, 2.45) is 0 Å². The van der Waals surface area contributed by atoms with Gasteiger partial charge in [-0.3, -0.25) is 0 Å². The van der Waals surface area contributed by atoms with E-state index in [1.54, 1.807) is 0 Å². The fourth-order valence-corrected chi connectivity index (χ4v) is 2.40. The van der Waals surface area contributed by atoms with Crippen LogP contribution in [-0.2, 0) is 6.42 Å². The lowest BCUT2D eigenvalue weighted by atomic mass is 10.1. The third-order valence-corrected chi connectivity index (χ3v) is 3.46. The first kappa shape index (κ1) is 14.2. The number of hydrogen-bond donors (Lipinski definition) is 1. The average molecular weight is 285 g/mol. The third-order valence-electron chi connectivity index (χ3n) is 3.46. The average Bonchev–Trinajstić information content (AvgIpc) is 2.57. The molecule has 1 nitrogen and oxygen atoms in total. The molecule has 0 saturated heterocycles. The van der Waals surface area contributed by atoms with Crippen molar-refractivity contribution < 1.29 is 0 Å². The van der Waals surface area contributed by atoms with Crippen molar-refractivity contribution in [3.63, 3.8) is 0 Å². The minimum Gasteiger partial charge on any atom is -0.359 e. The van der Waals surface area contributed by atoms with Gasteiger partial charge in [-0.25, -0.2) is 0 Å². The monoisotopic (exact) mass is 285 g/mol. The second-order valence-corrected chi connectivity index (χ2v) is 5.23. The summed E-state index contributed by atoms with van der Waals surface area (Å²) in [6, 6.07) is 31.2. The first-order chi connectivity index (χ1) is 10.9. The summed E-state index contributed by atoms with van der Waals surface area (Å²) in [7, 11) is 0. The zero-order chi connectivity index (χ0) is 15.0. The van der Waals surface area contributed by atoms with Crippen LogP contribution in [0.2, 0.25) is 0 Å². The standard InChI is InChI=1S/C21H19N/c1-4-10-18(11-5-1)16-21(17-19-12-6-2-7-13-19)22-20-14-8-3-9-15-20/h1-16,22H,17H2/b21-16-. The Kier molecular flexibility index (Phi) is 4.68. The van der Waals surface area contributed by atoms with Gasteiger partial charge in [-0.05, 0) is 29.3 Å². The highest BCUT2D eigenvalue weighted by atomic mass is 14.9. The second kappa shape index (κ2) is 7.28. The van der Waals surface area contributed by atoms with Gasteiger partial charge in [0.2, 0.25) is 0 Å². The topological polar surface area (TPSA) is 12.0 Å². The quantitative estimate of drug-likeness (QED) is 0.663. The van der Waals surface area contributed by atoms with Crippen LogP contribution in [0.1, 0.15) is 11.1 Å². The zero-order valence-corrected chi connectivity index (χ0v) is 12.4. The van der Waals surface area contributed by atoms with E-state index in [1.165, 1.54) is 16.8 Å². The summed E-state index contributed by atoms with van der Waals surface area (Å²) in [5, 5.41) is 3.54. The second-order valence-electron chi connectivity index (χ2n) is 5.23. The SMILES string of the molecule is C(=C(\Cc1ccccc1)Nc1ccccc1)/c1ccccc1. The minimum absolute atomic E-state index is 0.880. The molecule has 0 aromatic heterocycles. The molecule has 0 bridgehead atoms. The van der Waals surface area contributed by atoms with Gasteiger partial charge in [-0.1, -0.05) is 78.9 Å². The fourth-order valence-electron chi connectivity index (χ4n) is 2.40. The van der Waals surface area contributed by atoms with Crippen LogP contribution in [0, 0.1) is 0 Å². The molecule has 0 heterocycles. The van der Waals surface area contributed by atoms with Crippen LogP contribution in [0.4, 0.5) is 5.69 Å². The minimum atomic E-state index is 0.880. The van der Waals surface area contributed by atoms with Gasteiger partial charge in [0.1, 0.15) is 0 Å². The van der Waals surface area contributed by atoms with Gasteiger partial charge in [0, 0.05) is 17.8 Å². The molecule has 3 rings (SSSR count). The summed E-state index contributed by atoms with van der Waals surface area (Å²) >= 11 is 0. The van der Waals surface area contributed by atoms with E-state index < -0.39 is 0 Å². The molecule has 3 aromatic carbocycles. The zero-order valence-electron chi connectivity index (χ0n) is 12.4. The lowest BCUT2D eigenvalue weighted by Crippen LogP contribution is -2.03.